The first-order valence-corrected chi connectivity index (χ1v) is 10.2. The van der Waals surface area contributed by atoms with Gasteiger partial charge in [-0.25, -0.2) is 0 Å². The van der Waals surface area contributed by atoms with Crippen molar-refractivity contribution < 1.29 is 9.53 Å². The van der Waals surface area contributed by atoms with Crippen LogP contribution in [-0.4, -0.2) is 34.4 Å². The third-order valence-corrected chi connectivity index (χ3v) is 6.81. The fourth-order valence-electron chi connectivity index (χ4n) is 6.91. The molecule has 0 radical (unpaired) electrons. The van der Waals surface area contributed by atoms with Gasteiger partial charge in [0.2, 0.25) is 5.91 Å². The molecule has 1 heterocycles. The third-order valence-electron chi connectivity index (χ3n) is 6.81. The van der Waals surface area contributed by atoms with Gasteiger partial charge in [0.05, 0.1) is 18.4 Å². The molecular weight excluding hydrogens is 326 g/mol. The Labute approximate surface area is 156 Å². The third kappa shape index (κ3) is 3.68. The van der Waals surface area contributed by atoms with E-state index in [2.05, 4.69) is 24.3 Å². The number of carbonyl (C=O) groups excluding carboxylic acids is 1. The number of aryl methyl sites for hydroxylation is 2. The molecule has 0 spiro atoms. The number of nitrogens with one attached hydrogen (secondary N) is 1. The molecule has 4 bridgehead atoms. The Morgan fingerprint density at radius 3 is 2.62 bits per heavy atom. The zero-order valence-electron chi connectivity index (χ0n) is 16.5. The first kappa shape index (κ1) is 18.0. The van der Waals surface area contributed by atoms with Crippen LogP contribution in [0.3, 0.4) is 0 Å². The highest BCUT2D eigenvalue weighted by Gasteiger charge is 2.60. The molecule has 1 aromatic rings. The van der Waals surface area contributed by atoms with E-state index in [0.29, 0.717) is 30.4 Å². The summed E-state index contributed by atoms with van der Waals surface area (Å²) in [5.74, 6) is 0.942. The highest BCUT2D eigenvalue weighted by Crippen LogP contribution is 2.67. The summed E-state index contributed by atoms with van der Waals surface area (Å²) in [4.78, 5) is 12.1. The smallest absolute Gasteiger partial charge is 0.220 e. The molecule has 2 atom stereocenters. The lowest BCUT2D eigenvalue weighted by molar-refractivity contribution is -0.213. The average molecular weight is 360 g/mol. The lowest BCUT2D eigenvalue weighted by Crippen LogP contribution is -2.59. The van der Waals surface area contributed by atoms with Crippen molar-refractivity contribution in [3.63, 3.8) is 0 Å². The number of hydrogen-bond acceptors (Lipinski definition) is 3. The molecule has 26 heavy (non-hydrogen) atoms. The van der Waals surface area contributed by atoms with E-state index in [-0.39, 0.29) is 11.5 Å². The molecule has 144 valence electrons. The van der Waals surface area contributed by atoms with Crippen LogP contribution < -0.4 is 5.32 Å². The summed E-state index contributed by atoms with van der Waals surface area (Å²) in [6.07, 6.45) is 12.8. The minimum Gasteiger partial charge on any atom is -0.373 e. The molecule has 2 unspecified atom stereocenters. The highest BCUT2D eigenvalue weighted by atomic mass is 16.5. The van der Waals surface area contributed by atoms with Crippen molar-refractivity contribution in [3.8, 4) is 0 Å². The first-order valence-electron chi connectivity index (χ1n) is 10.2. The molecule has 1 amide bonds. The quantitative estimate of drug-likeness (QED) is 0.761. The van der Waals surface area contributed by atoms with E-state index in [4.69, 9.17) is 4.74 Å². The van der Waals surface area contributed by atoms with Crippen LogP contribution in [0.1, 0.15) is 64.4 Å². The molecule has 4 saturated carbocycles. The summed E-state index contributed by atoms with van der Waals surface area (Å²) < 4.78 is 8.23. The van der Waals surface area contributed by atoms with Crippen LogP contribution in [0.2, 0.25) is 0 Å². The van der Waals surface area contributed by atoms with Crippen LogP contribution in [-0.2, 0) is 23.0 Å². The van der Waals surface area contributed by atoms with Gasteiger partial charge in [0, 0.05) is 26.2 Å². The minimum absolute atomic E-state index is 0.0728. The molecule has 5 rings (SSSR count). The van der Waals surface area contributed by atoms with Crippen molar-refractivity contribution in [3.05, 3.63) is 18.0 Å². The molecule has 4 aliphatic rings. The van der Waals surface area contributed by atoms with E-state index >= 15 is 0 Å². The van der Waals surface area contributed by atoms with Crippen molar-refractivity contribution in [2.75, 3.05) is 13.2 Å². The number of aromatic nitrogens is 2. The van der Waals surface area contributed by atoms with Gasteiger partial charge in [-0.05, 0) is 67.3 Å². The van der Waals surface area contributed by atoms with E-state index in [1.165, 1.54) is 38.5 Å². The van der Waals surface area contributed by atoms with Crippen molar-refractivity contribution in [2.24, 2.45) is 23.8 Å². The van der Waals surface area contributed by atoms with Crippen LogP contribution in [0.15, 0.2) is 12.4 Å². The number of hydrogen-bond donors (Lipinski definition) is 1. The summed E-state index contributed by atoms with van der Waals surface area (Å²) in [7, 11) is 1.90. The van der Waals surface area contributed by atoms with Gasteiger partial charge in [-0.3, -0.25) is 9.48 Å². The fourth-order valence-corrected chi connectivity index (χ4v) is 6.91. The van der Waals surface area contributed by atoms with Gasteiger partial charge >= 0.3 is 0 Å². The number of amides is 1. The van der Waals surface area contributed by atoms with Crippen LogP contribution in [0.5, 0.6) is 0 Å². The normalized spacial score (nSPS) is 37.9. The maximum atomic E-state index is 12.1. The second kappa shape index (κ2) is 6.36. The molecule has 5 nitrogen and oxygen atoms in total. The van der Waals surface area contributed by atoms with Gasteiger partial charge in [0.15, 0.2) is 0 Å². The van der Waals surface area contributed by atoms with Gasteiger partial charge in [-0.15, -0.1) is 0 Å². The van der Waals surface area contributed by atoms with Gasteiger partial charge < -0.3 is 10.1 Å². The standard InChI is InChI=1S/C21H33N3O2/c1-19-8-17-9-20(2,13-19)15-21(10-17,14-19)26-7-6-22-18(25)5-4-16-11-23-24(3)12-16/h11-12,17H,4-10,13-15H2,1-3H3,(H,22,25). The molecule has 4 fully saturated rings. The summed E-state index contributed by atoms with van der Waals surface area (Å²) in [6, 6.07) is 0. The van der Waals surface area contributed by atoms with Crippen molar-refractivity contribution in [2.45, 2.75) is 70.8 Å². The molecule has 5 heteroatoms. The Morgan fingerprint density at radius 1 is 1.27 bits per heavy atom. The molecule has 0 saturated heterocycles. The summed E-state index contributed by atoms with van der Waals surface area (Å²) in [5.41, 5.74) is 2.12. The number of rotatable bonds is 7. The van der Waals surface area contributed by atoms with Gasteiger partial charge in [-0.1, -0.05) is 13.8 Å². The molecule has 1 N–H and O–H groups in total. The maximum absolute atomic E-state index is 12.1. The molecule has 4 aliphatic carbocycles. The van der Waals surface area contributed by atoms with Crippen LogP contribution in [0.25, 0.3) is 0 Å². The predicted octanol–water partition coefficient (Wildman–Crippen LogP) is 3.23. The van der Waals surface area contributed by atoms with Gasteiger partial charge in [0.1, 0.15) is 0 Å². The molecule has 0 aliphatic heterocycles. The molecular formula is C21H33N3O2. The van der Waals surface area contributed by atoms with E-state index in [0.717, 1.165) is 17.9 Å². The number of carbonyl (C=O) groups is 1. The minimum atomic E-state index is 0.0728. The Balaban J connectivity index is 1.22. The van der Waals surface area contributed by atoms with Gasteiger partial charge in [-0.2, -0.15) is 5.10 Å². The first-order chi connectivity index (χ1) is 12.3. The van der Waals surface area contributed by atoms with Gasteiger partial charge in [0.25, 0.3) is 0 Å². The van der Waals surface area contributed by atoms with E-state index in [1.807, 2.05) is 19.4 Å². The Bertz CT molecular complexity index is 665. The topological polar surface area (TPSA) is 56.2 Å². The lowest BCUT2D eigenvalue weighted by atomic mass is 9.43. The van der Waals surface area contributed by atoms with E-state index in [9.17, 15) is 4.79 Å². The van der Waals surface area contributed by atoms with Crippen LogP contribution in [0.4, 0.5) is 0 Å². The number of nitrogens with zero attached hydrogens (tertiary/aromatic N) is 2. The molecule has 1 aromatic heterocycles. The summed E-state index contributed by atoms with van der Waals surface area (Å²) >= 11 is 0. The van der Waals surface area contributed by atoms with Crippen LogP contribution in [0, 0.1) is 16.7 Å². The second-order valence-electron chi connectivity index (χ2n) is 10.0. The van der Waals surface area contributed by atoms with Crippen molar-refractivity contribution in [1.29, 1.82) is 0 Å². The summed E-state index contributed by atoms with van der Waals surface area (Å²) in [6.45, 7) is 6.19. The Hall–Kier alpha value is -1.36. The zero-order valence-corrected chi connectivity index (χ0v) is 16.5. The predicted molar refractivity (Wildman–Crippen MR) is 101 cm³/mol. The Kier molecular flexibility index (Phi) is 4.41. The number of ether oxygens (including phenoxy) is 1. The monoisotopic (exact) mass is 359 g/mol. The van der Waals surface area contributed by atoms with E-state index < -0.39 is 0 Å². The fraction of sp³-hybridized carbons (Fsp3) is 0.810. The SMILES string of the molecule is Cn1cc(CCC(=O)NCCOC23CC4CC(C)(CC(C)(C4)C2)C3)cn1. The second-order valence-corrected chi connectivity index (χ2v) is 10.0. The summed E-state index contributed by atoms with van der Waals surface area (Å²) in [5, 5.41) is 7.16. The average Bonchev–Trinajstić information content (AvgIpc) is 2.91. The highest BCUT2D eigenvalue weighted by molar-refractivity contribution is 5.76. The van der Waals surface area contributed by atoms with Crippen molar-refractivity contribution in [1.82, 2.24) is 15.1 Å². The molecule has 0 aromatic carbocycles. The van der Waals surface area contributed by atoms with E-state index in [1.54, 1.807) is 4.68 Å². The van der Waals surface area contributed by atoms with Crippen molar-refractivity contribution >= 4 is 5.91 Å². The maximum Gasteiger partial charge on any atom is 0.220 e. The largest absolute Gasteiger partial charge is 0.373 e. The Morgan fingerprint density at radius 2 is 2.00 bits per heavy atom. The zero-order chi connectivity index (χ0) is 18.4. The lowest BCUT2D eigenvalue weighted by Gasteiger charge is -2.65. The van der Waals surface area contributed by atoms with Crippen LogP contribution >= 0.6 is 0 Å².